The fraction of sp³-hybridized carbons (Fsp3) is 0.333. The predicted octanol–water partition coefficient (Wildman–Crippen LogP) is 1.14. The van der Waals surface area contributed by atoms with Crippen LogP contribution in [-0.4, -0.2) is 27.7 Å². The molecule has 0 fully saturated rings. The summed E-state index contributed by atoms with van der Waals surface area (Å²) in [5.41, 5.74) is 6.39. The van der Waals surface area contributed by atoms with Crippen LogP contribution in [0.1, 0.15) is 29.0 Å². The van der Waals surface area contributed by atoms with Crippen molar-refractivity contribution in [2.45, 2.75) is 20.4 Å². The van der Waals surface area contributed by atoms with E-state index in [9.17, 15) is 4.79 Å². The van der Waals surface area contributed by atoms with Gasteiger partial charge in [-0.1, -0.05) is 5.16 Å². The van der Waals surface area contributed by atoms with Crippen molar-refractivity contribution in [1.29, 1.82) is 0 Å². The van der Waals surface area contributed by atoms with E-state index in [0.29, 0.717) is 24.1 Å². The van der Waals surface area contributed by atoms with E-state index in [1.165, 1.54) is 12.3 Å². The van der Waals surface area contributed by atoms with Crippen LogP contribution in [0.5, 0.6) is 0 Å². The largest absolute Gasteiger partial charge is 0.462 e. The number of aromatic nitrogens is 3. The maximum Gasteiger partial charge on any atom is 0.340 e. The summed E-state index contributed by atoms with van der Waals surface area (Å²) >= 11 is 0. The fourth-order valence-electron chi connectivity index (χ4n) is 1.58. The molecule has 0 atom stereocenters. The lowest BCUT2D eigenvalue weighted by Crippen LogP contribution is -2.12. The topological polar surface area (TPSA) is 116 Å². The van der Waals surface area contributed by atoms with E-state index in [2.05, 4.69) is 20.4 Å². The van der Waals surface area contributed by atoms with Gasteiger partial charge in [0.1, 0.15) is 5.82 Å². The van der Waals surface area contributed by atoms with Crippen molar-refractivity contribution in [3.05, 3.63) is 29.5 Å². The van der Waals surface area contributed by atoms with E-state index < -0.39 is 5.97 Å². The first-order valence-corrected chi connectivity index (χ1v) is 6.06. The minimum Gasteiger partial charge on any atom is -0.462 e. The molecule has 0 aromatic carbocycles. The zero-order valence-electron chi connectivity index (χ0n) is 11.2. The average molecular weight is 277 g/mol. The summed E-state index contributed by atoms with van der Waals surface area (Å²) in [6.45, 7) is 4.00. The zero-order valence-corrected chi connectivity index (χ0v) is 11.2. The molecule has 2 rings (SSSR count). The fourth-order valence-corrected chi connectivity index (χ4v) is 1.58. The van der Waals surface area contributed by atoms with Crippen molar-refractivity contribution in [2.75, 3.05) is 17.7 Å². The Hall–Kier alpha value is -2.64. The van der Waals surface area contributed by atoms with Gasteiger partial charge in [-0.3, -0.25) is 0 Å². The Labute approximate surface area is 115 Å². The van der Waals surface area contributed by atoms with Gasteiger partial charge in [0.15, 0.2) is 5.82 Å². The van der Waals surface area contributed by atoms with Crippen LogP contribution in [0, 0.1) is 6.92 Å². The van der Waals surface area contributed by atoms with E-state index in [-0.39, 0.29) is 17.9 Å². The van der Waals surface area contributed by atoms with Gasteiger partial charge in [0.25, 0.3) is 0 Å². The van der Waals surface area contributed by atoms with Crippen LogP contribution in [0.3, 0.4) is 0 Å². The smallest absolute Gasteiger partial charge is 0.340 e. The van der Waals surface area contributed by atoms with Crippen molar-refractivity contribution in [3.8, 4) is 0 Å². The Morgan fingerprint density at radius 3 is 3.00 bits per heavy atom. The Balaban J connectivity index is 2.12. The van der Waals surface area contributed by atoms with E-state index >= 15 is 0 Å². The van der Waals surface area contributed by atoms with Crippen LogP contribution >= 0.6 is 0 Å². The zero-order chi connectivity index (χ0) is 14.5. The van der Waals surface area contributed by atoms with Crippen molar-refractivity contribution in [3.63, 3.8) is 0 Å². The van der Waals surface area contributed by atoms with E-state index in [1.54, 1.807) is 13.8 Å². The van der Waals surface area contributed by atoms with Crippen LogP contribution < -0.4 is 11.1 Å². The number of nitrogen functional groups attached to an aromatic ring is 1. The first-order valence-electron chi connectivity index (χ1n) is 6.06. The second-order valence-electron chi connectivity index (χ2n) is 3.92. The number of nitrogens with zero attached hydrogens (tertiary/aromatic N) is 3. The number of carbonyl (C=O) groups is 1. The molecule has 0 spiro atoms. The van der Waals surface area contributed by atoms with Crippen molar-refractivity contribution >= 4 is 17.5 Å². The lowest BCUT2D eigenvalue weighted by atomic mass is 10.2. The summed E-state index contributed by atoms with van der Waals surface area (Å²) in [5, 5.41) is 6.69. The first-order chi connectivity index (χ1) is 9.61. The lowest BCUT2D eigenvalue weighted by Gasteiger charge is -2.10. The summed E-state index contributed by atoms with van der Waals surface area (Å²) in [6, 6.07) is 1.51. The molecule has 2 aromatic rings. The molecule has 0 aliphatic carbocycles. The molecule has 0 saturated carbocycles. The normalized spacial score (nSPS) is 10.3. The highest BCUT2D eigenvalue weighted by molar-refractivity contribution is 5.97. The molecule has 0 radical (unpaired) electrons. The Morgan fingerprint density at radius 1 is 1.55 bits per heavy atom. The van der Waals surface area contributed by atoms with E-state index in [1.807, 2.05) is 0 Å². The third-order valence-corrected chi connectivity index (χ3v) is 2.47. The van der Waals surface area contributed by atoms with Gasteiger partial charge < -0.3 is 20.3 Å². The molecule has 0 bridgehead atoms. The molecule has 20 heavy (non-hydrogen) atoms. The van der Waals surface area contributed by atoms with E-state index in [4.69, 9.17) is 15.0 Å². The molecule has 2 aromatic heterocycles. The number of pyridine rings is 1. The highest BCUT2D eigenvalue weighted by atomic mass is 16.5. The number of hydrogen-bond donors (Lipinski definition) is 2. The number of hydrogen-bond acceptors (Lipinski definition) is 8. The maximum absolute atomic E-state index is 11.7. The Morgan fingerprint density at radius 2 is 2.35 bits per heavy atom. The Bertz CT molecular complexity index is 611. The van der Waals surface area contributed by atoms with Crippen LogP contribution in [0.15, 0.2) is 16.8 Å². The minimum absolute atomic E-state index is 0.228. The molecular formula is C12H15N5O3. The van der Waals surface area contributed by atoms with Gasteiger partial charge in [0.05, 0.1) is 24.4 Å². The second kappa shape index (κ2) is 6.00. The number of carbonyl (C=O) groups excluding carboxylic acids is 1. The molecule has 0 saturated heterocycles. The van der Waals surface area contributed by atoms with Crippen LogP contribution in [-0.2, 0) is 11.3 Å². The number of rotatable bonds is 5. The van der Waals surface area contributed by atoms with Crippen molar-refractivity contribution < 1.29 is 14.1 Å². The quantitative estimate of drug-likeness (QED) is 0.781. The highest BCUT2D eigenvalue weighted by Crippen LogP contribution is 2.21. The molecule has 0 aliphatic heterocycles. The van der Waals surface area contributed by atoms with Gasteiger partial charge in [0, 0.05) is 13.1 Å². The second-order valence-corrected chi connectivity index (χ2v) is 3.92. The van der Waals surface area contributed by atoms with Crippen LogP contribution in [0.4, 0.5) is 11.5 Å². The minimum atomic E-state index is -0.481. The van der Waals surface area contributed by atoms with Gasteiger partial charge in [-0.15, -0.1) is 0 Å². The monoisotopic (exact) mass is 277 g/mol. The predicted molar refractivity (Wildman–Crippen MR) is 71.0 cm³/mol. The average Bonchev–Trinajstić information content (AvgIpc) is 2.83. The molecule has 2 heterocycles. The first kappa shape index (κ1) is 13.8. The van der Waals surface area contributed by atoms with Gasteiger partial charge in [-0.25, -0.2) is 9.78 Å². The highest BCUT2D eigenvalue weighted by Gasteiger charge is 2.14. The molecule has 8 nitrogen and oxygen atoms in total. The molecular weight excluding hydrogens is 262 g/mol. The third-order valence-electron chi connectivity index (χ3n) is 2.47. The van der Waals surface area contributed by atoms with Crippen molar-refractivity contribution in [2.24, 2.45) is 0 Å². The van der Waals surface area contributed by atoms with Gasteiger partial charge in [-0.2, -0.15) is 4.98 Å². The molecule has 0 unspecified atom stereocenters. The SMILES string of the molecule is CCOC(=O)c1ccnc(NCc2noc(C)n2)c1N. The summed E-state index contributed by atoms with van der Waals surface area (Å²) in [7, 11) is 0. The molecule has 8 heteroatoms. The molecule has 3 N–H and O–H groups in total. The Kier molecular flexibility index (Phi) is 4.14. The molecule has 106 valence electrons. The maximum atomic E-state index is 11.7. The number of aryl methyl sites for hydroxylation is 1. The summed E-state index contributed by atoms with van der Waals surface area (Å²) in [6.07, 6.45) is 1.48. The number of ether oxygens (including phenoxy) is 1. The summed E-state index contributed by atoms with van der Waals surface area (Å²) in [4.78, 5) is 19.8. The van der Waals surface area contributed by atoms with E-state index in [0.717, 1.165) is 0 Å². The van der Waals surface area contributed by atoms with Crippen molar-refractivity contribution in [1.82, 2.24) is 15.1 Å². The summed E-state index contributed by atoms with van der Waals surface area (Å²) in [5.74, 6) is 0.845. The lowest BCUT2D eigenvalue weighted by molar-refractivity contribution is 0.0527. The number of nitrogens with two attached hydrogens (primary N) is 1. The van der Waals surface area contributed by atoms with Crippen LogP contribution in [0.25, 0.3) is 0 Å². The number of nitrogens with one attached hydrogen (secondary N) is 1. The van der Waals surface area contributed by atoms with Gasteiger partial charge in [0.2, 0.25) is 5.89 Å². The van der Waals surface area contributed by atoms with Gasteiger partial charge in [-0.05, 0) is 13.0 Å². The molecule has 0 amide bonds. The number of esters is 1. The standard InChI is InChI=1S/C12H15N5O3/c1-3-19-12(18)8-4-5-14-11(10(8)13)15-6-9-16-7(2)20-17-9/h4-5H,3,6,13H2,1-2H3,(H,14,15). The van der Waals surface area contributed by atoms with Gasteiger partial charge >= 0.3 is 5.97 Å². The number of anilines is 2. The third kappa shape index (κ3) is 3.02. The molecule has 0 aliphatic rings. The summed E-state index contributed by atoms with van der Waals surface area (Å²) < 4.78 is 9.77. The van der Waals surface area contributed by atoms with Crippen LogP contribution in [0.2, 0.25) is 0 Å².